The van der Waals surface area contributed by atoms with Gasteiger partial charge in [0.15, 0.2) is 5.79 Å². The highest BCUT2D eigenvalue weighted by Gasteiger charge is 2.60. The van der Waals surface area contributed by atoms with Crippen molar-refractivity contribution in [3.8, 4) is 0 Å². The molecule has 9 nitrogen and oxygen atoms in total. The van der Waals surface area contributed by atoms with Crippen LogP contribution < -0.4 is 0 Å². The summed E-state index contributed by atoms with van der Waals surface area (Å²) in [6, 6.07) is 7.08. The molecule has 1 aromatic rings. The van der Waals surface area contributed by atoms with E-state index in [1.807, 2.05) is 38.1 Å². The summed E-state index contributed by atoms with van der Waals surface area (Å²) >= 11 is 7.00. The second kappa shape index (κ2) is 16.5. The summed E-state index contributed by atoms with van der Waals surface area (Å²) in [5.41, 5.74) is 1.59. The molecule has 53 heavy (non-hydrogen) atoms. The summed E-state index contributed by atoms with van der Waals surface area (Å²) in [6.07, 6.45) is 11.5. The van der Waals surface area contributed by atoms with Gasteiger partial charge in [-0.05, 0) is 67.2 Å². The highest BCUT2D eigenvalue weighted by atomic mass is 35.5. The molecule has 6 rings (SSSR count). The maximum Gasteiger partial charge on any atom is 0.338 e. The lowest BCUT2D eigenvalue weighted by molar-refractivity contribution is -0.340. The summed E-state index contributed by atoms with van der Waals surface area (Å²) in [7, 11) is 1.34. The van der Waals surface area contributed by atoms with Crippen molar-refractivity contribution in [3.05, 3.63) is 82.5 Å². The fraction of sp³-hybridized carbons (Fsp3) is 0.628. The molecule has 5 aliphatic rings. The minimum atomic E-state index is -1.76. The number of halogens is 1. The van der Waals surface area contributed by atoms with Crippen molar-refractivity contribution in [3.63, 3.8) is 0 Å². The third kappa shape index (κ3) is 8.12. The molecule has 10 heteroatoms. The standard InChI is InChI=1S/C43H57ClO9/c1-8-25(2)37-28(5)18-19-42(53-37)22-33-21-32(52-42)17-16-27(4)36(44)26(3)12-11-14-31-24-50-39-38(29(6)20-35(41(46)51-33)43(31,39)47)49-23-30-13-9-10-15-34(30)40(45)48-7/h9-16,20,25-26,28,32-33,35-39,47H,8,17-19,21-24H2,1-7H3/b12-11+,27-16+,31-14+/t25-,26-,28-,32+,33-,35-,36+,37+,38+,39+,42+,43+/m0/s1. The number of methoxy groups -OCH3 is 1. The van der Waals surface area contributed by atoms with Gasteiger partial charge in [-0.25, -0.2) is 4.79 Å². The topological polar surface area (TPSA) is 110 Å². The van der Waals surface area contributed by atoms with Crippen molar-refractivity contribution in [2.75, 3.05) is 13.7 Å². The van der Waals surface area contributed by atoms with Crippen LogP contribution >= 0.6 is 11.6 Å². The van der Waals surface area contributed by atoms with E-state index in [-0.39, 0.29) is 36.7 Å². The molecule has 1 aromatic carbocycles. The maximum absolute atomic E-state index is 14.5. The Morgan fingerprint density at radius 1 is 1.13 bits per heavy atom. The van der Waals surface area contributed by atoms with Gasteiger partial charge in [0.1, 0.15) is 29.8 Å². The second-order valence-corrected chi connectivity index (χ2v) is 16.5. The Labute approximate surface area is 319 Å². The smallest absolute Gasteiger partial charge is 0.338 e. The Bertz CT molecular complexity index is 1630. The van der Waals surface area contributed by atoms with Crippen LogP contribution in [0.5, 0.6) is 0 Å². The first-order valence-corrected chi connectivity index (χ1v) is 19.8. The van der Waals surface area contributed by atoms with Gasteiger partial charge in [-0.1, -0.05) is 88.3 Å². The largest absolute Gasteiger partial charge is 0.465 e. The SMILES string of the molecule is CC[C@H](C)[C@H]1O[C@]2(CC[C@@H]1C)C[C@@H]1C[C@@H](C/C=C(\C)[C@H](Cl)[C@@H](C)/C=C/C=C3\CO[C@@H]4[C@H](OCc5ccccc5C(=O)OC)C(C)=C[C@@H](C(=O)O1)[C@]34O)O2. The van der Waals surface area contributed by atoms with Crippen LogP contribution in [0.3, 0.4) is 0 Å². The van der Waals surface area contributed by atoms with Gasteiger partial charge in [-0.3, -0.25) is 4.79 Å². The Kier molecular flexibility index (Phi) is 12.4. The van der Waals surface area contributed by atoms with Crippen molar-refractivity contribution in [2.24, 2.45) is 23.7 Å². The maximum atomic E-state index is 14.5. The number of ether oxygens (including phenoxy) is 6. The zero-order chi connectivity index (χ0) is 38.1. The van der Waals surface area contributed by atoms with E-state index in [4.69, 9.17) is 40.0 Å². The van der Waals surface area contributed by atoms with Gasteiger partial charge in [-0.2, -0.15) is 0 Å². The number of rotatable bonds is 6. The number of hydrogen-bond donors (Lipinski definition) is 1. The first kappa shape index (κ1) is 39.9. The summed E-state index contributed by atoms with van der Waals surface area (Å²) in [5.74, 6) is -2.20. The van der Waals surface area contributed by atoms with Crippen molar-refractivity contribution in [2.45, 2.75) is 134 Å². The van der Waals surface area contributed by atoms with E-state index < -0.39 is 47.6 Å². The summed E-state index contributed by atoms with van der Waals surface area (Å²) in [4.78, 5) is 27.0. The van der Waals surface area contributed by atoms with Gasteiger partial charge in [0.05, 0.1) is 43.5 Å². The van der Waals surface area contributed by atoms with Gasteiger partial charge < -0.3 is 33.5 Å². The quantitative estimate of drug-likeness (QED) is 0.177. The number of carbonyl (C=O) groups is 2. The molecule has 4 heterocycles. The van der Waals surface area contributed by atoms with Gasteiger partial charge in [-0.15, -0.1) is 11.6 Å². The molecule has 1 N–H and O–H groups in total. The first-order chi connectivity index (χ1) is 25.3. The number of alkyl halides is 1. The van der Waals surface area contributed by atoms with Crippen molar-refractivity contribution in [1.82, 2.24) is 0 Å². The molecule has 2 bridgehead atoms. The van der Waals surface area contributed by atoms with Crippen LogP contribution in [0.25, 0.3) is 0 Å². The van der Waals surface area contributed by atoms with Crippen molar-refractivity contribution in [1.29, 1.82) is 0 Å². The fourth-order valence-electron chi connectivity index (χ4n) is 8.87. The summed E-state index contributed by atoms with van der Waals surface area (Å²) < 4.78 is 38.0. The molecule has 3 saturated heterocycles. The number of fused-ring (bicyclic) bond motifs is 2. The van der Waals surface area contributed by atoms with Crippen LogP contribution in [0, 0.1) is 23.7 Å². The van der Waals surface area contributed by atoms with E-state index in [0.29, 0.717) is 54.2 Å². The molecular weight excluding hydrogens is 696 g/mol. The van der Waals surface area contributed by atoms with Crippen molar-refractivity contribution >= 4 is 23.5 Å². The molecule has 0 aromatic heterocycles. The van der Waals surface area contributed by atoms with Crippen LogP contribution in [-0.4, -0.2) is 78.0 Å². The molecule has 0 radical (unpaired) electrons. The average Bonchev–Trinajstić information content (AvgIpc) is 3.48. The number of hydrogen-bond acceptors (Lipinski definition) is 9. The summed E-state index contributed by atoms with van der Waals surface area (Å²) in [6.45, 7) is 12.8. The van der Waals surface area contributed by atoms with Crippen LogP contribution in [0.4, 0.5) is 0 Å². The Hall–Kier alpha value is -2.79. The molecule has 0 amide bonds. The number of aliphatic hydroxyl groups is 1. The van der Waals surface area contributed by atoms with Crippen LogP contribution in [-0.2, 0) is 39.8 Å². The highest BCUT2D eigenvalue weighted by molar-refractivity contribution is 6.22. The molecule has 1 aliphatic carbocycles. The van der Waals surface area contributed by atoms with Gasteiger partial charge in [0, 0.05) is 19.3 Å². The monoisotopic (exact) mass is 752 g/mol. The average molecular weight is 753 g/mol. The molecule has 3 fully saturated rings. The molecule has 0 saturated carbocycles. The highest BCUT2D eigenvalue weighted by Crippen LogP contribution is 2.48. The first-order valence-electron chi connectivity index (χ1n) is 19.3. The van der Waals surface area contributed by atoms with Crippen LogP contribution in [0.2, 0.25) is 0 Å². The minimum absolute atomic E-state index is 0.0172. The van der Waals surface area contributed by atoms with Crippen molar-refractivity contribution < 1.29 is 43.1 Å². The van der Waals surface area contributed by atoms with Gasteiger partial charge in [0.2, 0.25) is 0 Å². The van der Waals surface area contributed by atoms with E-state index in [1.165, 1.54) is 7.11 Å². The molecule has 12 atom stereocenters. The van der Waals surface area contributed by atoms with Gasteiger partial charge in [0.25, 0.3) is 0 Å². The lowest BCUT2D eigenvalue weighted by atomic mass is 9.70. The zero-order valence-corrected chi connectivity index (χ0v) is 33.0. The Balaban J connectivity index is 1.35. The van der Waals surface area contributed by atoms with E-state index >= 15 is 0 Å². The fourth-order valence-corrected chi connectivity index (χ4v) is 9.04. The van der Waals surface area contributed by atoms with E-state index in [2.05, 4.69) is 33.8 Å². The summed E-state index contributed by atoms with van der Waals surface area (Å²) in [5, 5.41) is 12.6. The molecular formula is C43H57ClO9. The van der Waals surface area contributed by atoms with Gasteiger partial charge >= 0.3 is 11.9 Å². The third-order valence-electron chi connectivity index (χ3n) is 12.2. The Morgan fingerprint density at radius 2 is 1.91 bits per heavy atom. The van der Waals surface area contributed by atoms with E-state index in [1.54, 1.807) is 24.3 Å². The molecule has 290 valence electrons. The number of benzene rings is 1. The number of allylic oxidation sites excluding steroid dienone is 4. The zero-order valence-electron chi connectivity index (χ0n) is 32.2. The third-order valence-corrected chi connectivity index (χ3v) is 13.0. The minimum Gasteiger partial charge on any atom is -0.465 e. The predicted molar refractivity (Wildman–Crippen MR) is 202 cm³/mol. The van der Waals surface area contributed by atoms with E-state index in [9.17, 15) is 14.7 Å². The molecule has 4 aliphatic heterocycles. The lowest BCUT2D eigenvalue weighted by Crippen LogP contribution is -2.59. The van der Waals surface area contributed by atoms with Crippen LogP contribution in [0.1, 0.15) is 96.0 Å². The van der Waals surface area contributed by atoms with E-state index in [0.717, 1.165) is 24.0 Å². The second-order valence-electron chi connectivity index (χ2n) is 16.0. The normalized spacial score (nSPS) is 40.8. The number of esters is 2. The lowest BCUT2D eigenvalue weighted by Gasteiger charge is -2.51. The molecule has 1 spiro atoms. The predicted octanol–water partition coefficient (Wildman–Crippen LogP) is 7.79. The van der Waals surface area contributed by atoms with Crippen LogP contribution in [0.15, 0.2) is 71.4 Å². The number of carbonyl (C=O) groups excluding carboxylic acids is 2. The molecule has 0 unspecified atom stereocenters. The Morgan fingerprint density at radius 3 is 2.66 bits per heavy atom.